The van der Waals surface area contributed by atoms with E-state index in [1.165, 1.54) is 0 Å². The Labute approximate surface area is 136 Å². The van der Waals surface area contributed by atoms with Crippen molar-refractivity contribution in [2.75, 3.05) is 0 Å². The van der Waals surface area contributed by atoms with Crippen molar-refractivity contribution in [2.45, 2.75) is 26.9 Å². The number of carboxylic acids is 1. The molecule has 0 saturated carbocycles. The number of carbonyl (C=O) groups is 1. The second kappa shape index (κ2) is 5.58. The number of hydrogen-bond acceptors (Lipinski definition) is 2. The predicted octanol–water partition coefficient (Wildman–Crippen LogP) is 4.63. The Kier molecular flexibility index (Phi) is 3.72. The van der Waals surface area contributed by atoms with Gasteiger partial charge in [-0.15, -0.1) is 0 Å². The molecule has 0 radical (unpaired) electrons. The van der Waals surface area contributed by atoms with Gasteiger partial charge in [0.15, 0.2) is 0 Å². The maximum absolute atomic E-state index is 11.6. The van der Waals surface area contributed by atoms with Crippen molar-refractivity contribution in [3.8, 4) is 16.9 Å². The molecule has 1 aliphatic heterocycles. The van der Waals surface area contributed by atoms with Crippen LogP contribution in [0.2, 0.25) is 0 Å². The molecule has 0 fully saturated rings. The Morgan fingerprint density at radius 3 is 2.35 bits per heavy atom. The lowest BCUT2D eigenvalue weighted by molar-refractivity contribution is -0.134. The number of benzene rings is 2. The van der Waals surface area contributed by atoms with Gasteiger partial charge in [0.1, 0.15) is 11.9 Å². The fourth-order valence-corrected chi connectivity index (χ4v) is 2.89. The van der Waals surface area contributed by atoms with Gasteiger partial charge in [-0.2, -0.15) is 0 Å². The van der Waals surface area contributed by atoms with Crippen LogP contribution in [-0.4, -0.2) is 17.2 Å². The third-order valence-corrected chi connectivity index (χ3v) is 3.99. The Morgan fingerprint density at radius 2 is 1.74 bits per heavy atom. The molecule has 3 heteroatoms. The molecule has 0 spiro atoms. The zero-order chi connectivity index (χ0) is 16.6. The first-order valence-electron chi connectivity index (χ1n) is 7.68. The molecule has 2 aromatic rings. The molecule has 0 aliphatic carbocycles. The van der Waals surface area contributed by atoms with E-state index < -0.39 is 12.1 Å². The zero-order valence-corrected chi connectivity index (χ0v) is 13.5. The van der Waals surface area contributed by atoms with E-state index in [4.69, 9.17) is 4.74 Å². The van der Waals surface area contributed by atoms with Gasteiger partial charge in [0, 0.05) is 16.5 Å². The maximum atomic E-state index is 11.6. The van der Waals surface area contributed by atoms with E-state index in [9.17, 15) is 9.90 Å². The van der Waals surface area contributed by atoms with Crippen LogP contribution < -0.4 is 4.74 Å². The fraction of sp³-hybridized carbons (Fsp3) is 0.250. The number of rotatable bonds is 2. The summed E-state index contributed by atoms with van der Waals surface area (Å²) in [4.78, 5) is 11.6. The summed E-state index contributed by atoms with van der Waals surface area (Å²) in [6.45, 7) is 5.97. The van der Waals surface area contributed by atoms with Gasteiger partial charge in [-0.25, -0.2) is 4.79 Å². The highest BCUT2D eigenvalue weighted by Gasteiger charge is 2.37. The minimum atomic E-state index is -0.930. The Hall–Kier alpha value is -2.55. The van der Waals surface area contributed by atoms with Crippen molar-refractivity contribution in [1.29, 1.82) is 0 Å². The summed E-state index contributed by atoms with van der Waals surface area (Å²) in [5.41, 5.74) is 2.84. The van der Waals surface area contributed by atoms with Gasteiger partial charge in [-0.3, -0.25) is 0 Å². The van der Waals surface area contributed by atoms with E-state index in [1.807, 2.05) is 69.3 Å². The van der Waals surface area contributed by atoms with Gasteiger partial charge in [-0.05, 0) is 11.6 Å². The van der Waals surface area contributed by atoms with Crippen LogP contribution in [-0.2, 0) is 4.79 Å². The maximum Gasteiger partial charge on any atom is 0.335 e. The van der Waals surface area contributed by atoms with Gasteiger partial charge in [0.2, 0.25) is 0 Å². The molecule has 1 atom stereocenters. The van der Waals surface area contributed by atoms with Crippen LogP contribution in [0.15, 0.2) is 54.1 Å². The third-order valence-electron chi connectivity index (χ3n) is 3.99. The lowest BCUT2D eigenvalue weighted by atomic mass is 9.82. The Balaban J connectivity index is 2.17. The van der Waals surface area contributed by atoms with E-state index in [2.05, 4.69) is 0 Å². The summed E-state index contributed by atoms with van der Waals surface area (Å²) in [6.07, 6.45) is 1.25. The number of fused-ring (bicyclic) bond motifs is 1. The fourth-order valence-electron chi connectivity index (χ4n) is 2.89. The van der Waals surface area contributed by atoms with E-state index in [0.717, 1.165) is 22.4 Å². The lowest BCUT2D eigenvalue weighted by Crippen LogP contribution is -2.38. The quantitative estimate of drug-likeness (QED) is 0.880. The van der Waals surface area contributed by atoms with Crippen molar-refractivity contribution >= 4 is 12.0 Å². The van der Waals surface area contributed by atoms with E-state index >= 15 is 0 Å². The predicted molar refractivity (Wildman–Crippen MR) is 91.4 cm³/mol. The van der Waals surface area contributed by atoms with Crippen molar-refractivity contribution < 1.29 is 14.6 Å². The van der Waals surface area contributed by atoms with E-state index in [1.54, 1.807) is 6.08 Å². The molecule has 0 saturated heterocycles. The van der Waals surface area contributed by atoms with Gasteiger partial charge in [0.05, 0.1) is 5.57 Å². The van der Waals surface area contributed by atoms with Gasteiger partial charge >= 0.3 is 5.97 Å². The van der Waals surface area contributed by atoms with Crippen LogP contribution >= 0.6 is 0 Å². The standard InChI is InChI=1S/C20H20O3/c1-20(2,3)18-16(19(21)22)12-14-10-7-11-15(17(14)23-18)13-8-5-4-6-9-13/h4-12,18H,1-3H3,(H,21,22). The van der Waals surface area contributed by atoms with Gasteiger partial charge in [-0.1, -0.05) is 69.3 Å². The van der Waals surface area contributed by atoms with Crippen molar-refractivity contribution in [2.24, 2.45) is 5.41 Å². The van der Waals surface area contributed by atoms with Crippen molar-refractivity contribution in [3.05, 3.63) is 59.7 Å². The number of para-hydroxylation sites is 1. The third kappa shape index (κ3) is 2.87. The first-order chi connectivity index (χ1) is 10.9. The number of aliphatic carboxylic acids is 1. The van der Waals surface area contributed by atoms with Crippen LogP contribution in [0.25, 0.3) is 17.2 Å². The minimum Gasteiger partial charge on any atom is -0.484 e. The largest absolute Gasteiger partial charge is 0.484 e. The second-order valence-corrected chi connectivity index (χ2v) is 6.86. The molecule has 0 amide bonds. The smallest absolute Gasteiger partial charge is 0.335 e. The second-order valence-electron chi connectivity index (χ2n) is 6.86. The number of hydrogen-bond donors (Lipinski definition) is 1. The molecule has 23 heavy (non-hydrogen) atoms. The molecule has 3 nitrogen and oxygen atoms in total. The Bertz CT molecular complexity index is 767. The molecule has 1 unspecified atom stereocenters. The molecule has 1 N–H and O–H groups in total. The molecule has 1 heterocycles. The monoisotopic (exact) mass is 308 g/mol. The highest BCUT2D eigenvalue weighted by Crippen LogP contribution is 2.42. The molecule has 2 aromatic carbocycles. The SMILES string of the molecule is CC(C)(C)C1Oc2c(cccc2-c2ccccc2)C=C1C(=O)O. The number of ether oxygens (including phenoxy) is 1. The van der Waals surface area contributed by atoms with Crippen LogP contribution in [0.1, 0.15) is 26.3 Å². The first-order valence-corrected chi connectivity index (χ1v) is 7.68. The average Bonchev–Trinajstić information content (AvgIpc) is 2.53. The molecule has 0 bridgehead atoms. The van der Waals surface area contributed by atoms with Crippen molar-refractivity contribution in [1.82, 2.24) is 0 Å². The van der Waals surface area contributed by atoms with Crippen LogP contribution in [0.5, 0.6) is 5.75 Å². The summed E-state index contributed by atoms with van der Waals surface area (Å²) >= 11 is 0. The van der Waals surface area contributed by atoms with Gasteiger partial charge < -0.3 is 9.84 Å². The zero-order valence-electron chi connectivity index (χ0n) is 13.5. The minimum absolute atomic E-state index is 0.301. The molecular formula is C20H20O3. The lowest BCUT2D eigenvalue weighted by Gasteiger charge is -2.35. The van der Waals surface area contributed by atoms with E-state index in [0.29, 0.717) is 5.57 Å². The van der Waals surface area contributed by atoms with Crippen LogP contribution in [0.3, 0.4) is 0 Å². The highest BCUT2D eigenvalue weighted by molar-refractivity contribution is 5.96. The average molecular weight is 308 g/mol. The molecule has 1 aliphatic rings. The summed E-state index contributed by atoms with van der Waals surface area (Å²) in [6, 6.07) is 15.8. The molecular weight excluding hydrogens is 288 g/mol. The molecule has 118 valence electrons. The molecule has 3 rings (SSSR count). The summed E-state index contributed by atoms with van der Waals surface area (Å²) < 4.78 is 6.21. The van der Waals surface area contributed by atoms with Crippen LogP contribution in [0, 0.1) is 5.41 Å². The first kappa shape index (κ1) is 15.3. The summed E-state index contributed by atoms with van der Waals surface area (Å²) in [5, 5.41) is 9.54. The normalized spacial score (nSPS) is 17.0. The molecule has 0 aromatic heterocycles. The van der Waals surface area contributed by atoms with Crippen molar-refractivity contribution in [3.63, 3.8) is 0 Å². The highest BCUT2D eigenvalue weighted by atomic mass is 16.5. The number of carboxylic acid groups (broad SMARTS) is 1. The van der Waals surface area contributed by atoms with E-state index in [-0.39, 0.29) is 5.41 Å². The van der Waals surface area contributed by atoms with Gasteiger partial charge in [0.25, 0.3) is 0 Å². The Morgan fingerprint density at radius 1 is 1.04 bits per heavy atom. The summed E-state index contributed by atoms with van der Waals surface area (Å²) in [5.74, 6) is -0.177. The summed E-state index contributed by atoms with van der Waals surface area (Å²) in [7, 11) is 0. The topological polar surface area (TPSA) is 46.5 Å². The van der Waals surface area contributed by atoms with Crippen LogP contribution in [0.4, 0.5) is 0 Å².